The molecule has 10 aromatic rings. The fourth-order valence-electron chi connectivity index (χ4n) is 11.0. The van der Waals surface area contributed by atoms with Gasteiger partial charge in [-0.3, -0.25) is 0 Å². The van der Waals surface area contributed by atoms with E-state index in [9.17, 15) is 0 Å². The third-order valence-electron chi connectivity index (χ3n) is 14.8. The molecule has 0 atom stereocenters. The maximum Gasteiger partial charge on any atom is 0.0465 e. The number of fused-ring (bicyclic) bond motifs is 7. The van der Waals surface area contributed by atoms with Crippen molar-refractivity contribution in [2.75, 3.05) is 9.80 Å². The van der Waals surface area contributed by atoms with Crippen LogP contribution in [0.25, 0.3) is 57.3 Å². The summed E-state index contributed by atoms with van der Waals surface area (Å²) < 4.78 is 0. The van der Waals surface area contributed by atoms with Gasteiger partial charge in [-0.2, -0.15) is 0 Å². The normalized spacial score (nSPS) is 13.8. The molecule has 12 rings (SSSR count). The van der Waals surface area contributed by atoms with E-state index in [1.807, 2.05) is 0 Å². The summed E-state index contributed by atoms with van der Waals surface area (Å²) in [7, 11) is 0. The van der Waals surface area contributed by atoms with Gasteiger partial charge in [-0.1, -0.05) is 198 Å². The van der Waals surface area contributed by atoms with Gasteiger partial charge in [-0.25, -0.2) is 0 Å². The van der Waals surface area contributed by atoms with Gasteiger partial charge in [0, 0.05) is 45.0 Å². The van der Waals surface area contributed by atoms with E-state index in [-0.39, 0.29) is 10.8 Å². The van der Waals surface area contributed by atoms with E-state index in [4.69, 9.17) is 0 Å². The Hall–Kier alpha value is -8.46. The van der Waals surface area contributed by atoms with Gasteiger partial charge in [0.1, 0.15) is 0 Å². The molecule has 0 bridgehead atoms. The predicted octanol–water partition coefficient (Wildman–Crippen LogP) is 18.7. The van der Waals surface area contributed by atoms with Crippen molar-refractivity contribution < 1.29 is 0 Å². The summed E-state index contributed by atoms with van der Waals surface area (Å²) in [6, 6.07) is 84.1. The highest BCUT2D eigenvalue weighted by molar-refractivity contribution is 5.91. The molecular formula is C68H54N2. The number of hydrogen-bond donors (Lipinski definition) is 0. The van der Waals surface area contributed by atoms with Crippen LogP contribution in [0.1, 0.15) is 72.2 Å². The van der Waals surface area contributed by atoms with Crippen LogP contribution < -0.4 is 9.80 Å². The summed E-state index contributed by atoms with van der Waals surface area (Å²) in [6.07, 6.45) is 9.01. The fourth-order valence-corrected chi connectivity index (χ4v) is 11.0. The lowest BCUT2D eigenvalue weighted by atomic mass is 9.81. The fraction of sp³-hybridized carbons (Fsp3) is 0.0882. The van der Waals surface area contributed by atoms with Crippen molar-refractivity contribution in [3.05, 3.63) is 275 Å². The Kier molecular flexibility index (Phi) is 10.6. The average Bonchev–Trinajstić information content (AvgIpc) is 3.76. The summed E-state index contributed by atoms with van der Waals surface area (Å²) >= 11 is 0. The summed E-state index contributed by atoms with van der Waals surface area (Å²) in [5.74, 6) is 0. The van der Waals surface area contributed by atoms with E-state index < -0.39 is 0 Å². The molecule has 0 amide bonds. The second kappa shape index (κ2) is 17.3. The van der Waals surface area contributed by atoms with Crippen LogP contribution in [0.3, 0.4) is 0 Å². The highest BCUT2D eigenvalue weighted by Gasteiger charge is 2.37. The minimum atomic E-state index is -0.152. The minimum absolute atomic E-state index is 0.152. The van der Waals surface area contributed by atoms with Crippen LogP contribution in [-0.2, 0) is 10.8 Å². The zero-order chi connectivity index (χ0) is 47.4. The molecule has 0 fully saturated rings. The van der Waals surface area contributed by atoms with Crippen molar-refractivity contribution in [2.45, 2.75) is 38.5 Å². The van der Waals surface area contributed by atoms with E-state index in [0.29, 0.717) is 0 Å². The van der Waals surface area contributed by atoms with Crippen molar-refractivity contribution in [3.63, 3.8) is 0 Å². The smallest absolute Gasteiger partial charge is 0.0465 e. The molecule has 0 heterocycles. The number of nitrogens with zero attached hydrogens (tertiary/aromatic N) is 2. The lowest BCUT2D eigenvalue weighted by Crippen LogP contribution is -2.16. The quantitative estimate of drug-likeness (QED) is 0.126. The van der Waals surface area contributed by atoms with Crippen LogP contribution in [0.2, 0.25) is 0 Å². The Morgan fingerprint density at radius 3 is 0.857 bits per heavy atom. The van der Waals surface area contributed by atoms with Crippen molar-refractivity contribution in [1.82, 2.24) is 0 Å². The van der Waals surface area contributed by atoms with Gasteiger partial charge in [-0.05, 0) is 162 Å². The topological polar surface area (TPSA) is 6.48 Å². The van der Waals surface area contributed by atoms with Crippen LogP contribution in [0, 0.1) is 0 Å². The lowest BCUT2D eigenvalue weighted by molar-refractivity contribution is 0.660. The number of para-hydroxylation sites is 4. The first kappa shape index (κ1) is 42.9. The third-order valence-corrected chi connectivity index (χ3v) is 14.8. The van der Waals surface area contributed by atoms with Crippen molar-refractivity contribution in [1.29, 1.82) is 0 Å². The van der Waals surface area contributed by atoms with Gasteiger partial charge in [0.25, 0.3) is 0 Å². The molecular weight excluding hydrogens is 845 g/mol. The molecule has 2 aliphatic carbocycles. The summed E-state index contributed by atoms with van der Waals surface area (Å²) in [5, 5.41) is 2.46. The first-order chi connectivity index (χ1) is 34.2. The van der Waals surface area contributed by atoms with E-state index in [1.165, 1.54) is 77.5 Å². The first-order valence-electron chi connectivity index (χ1n) is 24.5. The van der Waals surface area contributed by atoms with Crippen molar-refractivity contribution >= 4 is 69.2 Å². The van der Waals surface area contributed by atoms with E-state index in [1.54, 1.807) is 0 Å². The van der Waals surface area contributed by atoms with Crippen molar-refractivity contribution in [2.24, 2.45) is 0 Å². The summed E-state index contributed by atoms with van der Waals surface area (Å²) in [6.45, 7) is 9.46. The average molecular weight is 899 g/mol. The van der Waals surface area contributed by atoms with Gasteiger partial charge in [0.2, 0.25) is 0 Å². The van der Waals surface area contributed by atoms with E-state index in [2.05, 4.69) is 292 Å². The number of anilines is 6. The Morgan fingerprint density at radius 2 is 0.529 bits per heavy atom. The Morgan fingerprint density at radius 1 is 0.257 bits per heavy atom. The highest BCUT2D eigenvalue weighted by Crippen LogP contribution is 2.53. The zero-order valence-corrected chi connectivity index (χ0v) is 40.1. The molecule has 2 heteroatoms. The van der Waals surface area contributed by atoms with Crippen LogP contribution in [0.4, 0.5) is 34.1 Å². The second-order valence-corrected chi connectivity index (χ2v) is 19.9. The number of rotatable bonds is 10. The monoisotopic (exact) mass is 898 g/mol. The Labute approximate surface area is 412 Å². The Balaban J connectivity index is 0.758. The first-order valence-corrected chi connectivity index (χ1v) is 24.5. The third kappa shape index (κ3) is 7.63. The highest BCUT2D eigenvalue weighted by atomic mass is 15.1. The molecule has 336 valence electrons. The van der Waals surface area contributed by atoms with E-state index >= 15 is 0 Å². The SMILES string of the molecule is CC1(C)c2cc(C=Cc3ccc4cc(C=Cc5ccc6c(c5)C(C)(C)c5cc(N(c7ccccc7)c7ccccc7)ccc5-6)ccc4c3)ccc2-c2ccc(N(c3ccccc3)c3ccccc3)cc21. The molecule has 0 radical (unpaired) electrons. The molecule has 0 spiro atoms. The molecule has 0 saturated carbocycles. The van der Waals surface area contributed by atoms with Gasteiger partial charge in [-0.15, -0.1) is 0 Å². The maximum atomic E-state index is 2.40. The molecule has 2 nitrogen and oxygen atoms in total. The van der Waals surface area contributed by atoms with Gasteiger partial charge in [0.05, 0.1) is 0 Å². The molecule has 10 aromatic carbocycles. The standard InChI is InChI=1S/C68H54N2/c1-67(2)63-43-49(31-37-59(63)61-39-35-57(45-65(61)67)69(53-17-9-5-10-18-53)54-19-11-6-12-20-54)27-25-47-29-33-52-42-48(30-34-51(52)41-47)26-28-50-32-38-60-62-40-36-58(46-66(62)68(3,4)64(60)44-50)70(55-21-13-7-14-22-55)56-23-15-8-16-24-56/h5-46H,1-4H3. The molecule has 70 heavy (non-hydrogen) atoms. The molecule has 0 unspecified atom stereocenters. The van der Waals surface area contributed by atoms with Crippen molar-refractivity contribution in [3.8, 4) is 22.3 Å². The molecule has 0 aromatic heterocycles. The molecule has 0 aliphatic heterocycles. The van der Waals surface area contributed by atoms with Crippen LogP contribution >= 0.6 is 0 Å². The van der Waals surface area contributed by atoms with E-state index in [0.717, 1.165) is 34.1 Å². The predicted molar refractivity (Wildman–Crippen MR) is 299 cm³/mol. The van der Waals surface area contributed by atoms with Gasteiger partial charge >= 0.3 is 0 Å². The molecule has 2 aliphatic rings. The molecule has 0 N–H and O–H groups in total. The number of benzene rings is 10. The second-order valence-electron chi connectivity index (χ2n) is 19.9. The summed E-state index contributed by atoms with van der Waals surface area (Å²) in [5.41, 5.74) is 22.1. The minimum Gasteiger partial charge on any atom is -0.310 e. The van der Waals surface area contributed by atoms with Crippen LogP contribution in [-0.4, -0.2) is 0 Å². The maximum absolute atomic E-state index is 2.40. The zero-order valence-electron chi connectivity index (χ0n) is 40.1. The summed E-state index contributed by atoms with van der Waals surface area (Å²) in [4.78, 5) is 4.70. The van der Waals surface area contributed by atoms with Gasteiger partial charge in [0.15, 0.2) is 0 Å². The lowest BCUT2D eigenvalue weighted by Gasteiger charge is -2.28. The van der Waals surface area contributed by atoms with Crippen LogP contribution in [0.5, 0.6) is 0 Å². The Bertz CT molecular complexity index is 3320. The largest absolute Gasteiger partial charge is 0.310 e. The van der Waals surface area contributed by atoms with Crippen LogP contribution in [0.15, 0.2) is 231 Å². The number of hydrogen-bond acceptors (Lipinski definition) is 2. The van der Waals surface area contributed by atoms with Gasteiger partial charge < -0.3 is 9.80 Å². The molecule has 0 saturated heterocycles.